The van der Waals surface area contributed by atoms with E-state index in [9.17, 15) is 9.90 Å². The van der Waals surface area contributed by atoms with Gasteiger partial charge in [0.15, 0.2) is 0 Å². The molecule has 1 aromatic heterocycles. The van der Waals surface area contributed by atoms with Gasteiger partial charge in [-0.3, -0.25) is 9.36 Å². The molecule has 5 nitrogen and oxygen atoms in total. The molecule has 0 radical (unpaired) electrons. The van der Waals surface area contributed by atoms with Crippen molar-refractivity contribution in [2.75, 3.05) is 0 Å². The van der Waals surface area contributed by atoms with E-state index in [1.165, 1.54) is 41.5 Å². The van der Waals surface area contributed by atoms with Gasteiger partial charge in [-0.15, -0.1) is 0 Å². The van der Waals surface area contributed by atoms with Crippen LogP contribution >= 0.6 is 23.2 Å². The first kappa shape index (κ1) is 17.5. The fourth-order valence-electron chi connectivity index (χ4n) is 2.33. The summed E-state index contributed by atoms with van der Waals surface area (Å²) < 4.78 is 6.89. The number of aryl methyl sites for hydroxylation is 1. The van der Waals surface area contributed by atoms with Crippen LogP contribution in [0, 0.1) is 6.92 Å². The number of ketones is 1. The molecular formula is C18H14Cl2N2O3. The minimum absolute atomic E-state index is 0.0795. The van der Waals surface area contributed by atoms with Gasteiger partial charge in [-0.05, 0) is 36.8 Å². The Hall–Kier alpha value is -2.34. The number of Topliss-reactive ketones (excluding diaryl/α,β-unsaturated/α-hetero) is 1. The number of rotatable bonds is 5. The van der Waals surface area contributed by atoms with Crippen molar-refractivity contribution < 1.29 is 14.6 Å². The van der Waals surface area contributed by atoms with Gasteiger partial charge in [0.25, 0.3) is 5.78 Å². The standard InChI is InChI=1S/C18H14Cl2N2O3/c1-12-4-2-3-5-16(12)25-18(24,22-9-8-21-11-22)17(23)14-7-6-13(19)10-15(14)20/h2-11,24H,1H3. The van der Waals surface area contributed by atoms with E-state index in [0.717, 1.165) is 5.56 Å². The molecule has 0 saturated heterocycles. The van der Waals surface area contributed by atoms with Crippen LogP contribution in [0.1, 0.15) is 15.9 Å². The molecule has 1 unspecified atom stereocenters. The summed E-state index contributed by atoms with van der Waals surface area (Å²) in [6, 6.07) is 11.4. The van der Waals surface area contributed by atoms with Crippen LogP contribution in [-0.2, 0) is 5.91 Å². The maximum absolute atomic E-state index is 13.1. The van der Waals surface area contributed by atoms with E-state index in [2.05, 4.69) is 4.98 Å². The van der Waals surface area contributed by atoms with E-state index >= 15 is 0 Å². The van der Waals surface area contributed by atoms with Gasteiger partial charge in [-0.2, -0.15) is 0 Å². The number of carbonyl (C=O) groups is 1. The minimum Gasteiger partial charge on any atom is -0.438 e. The molecule has 0 aliphatic rings. The summed E-state index contributed by atoms with van der Waals surface area (Å²) in [5, 5.41) is 11.6. The Morgan fingerprint density at radius 1 is 1.24 bits per heavy atom. The van der Waals surface area contributed by atoms with Crippen molar-refractivity contribution in [3.05, 3.63) is 82.4 Å². The molecule has 25 heavy (non-hydrogen) atoms. The third-order valence-electron chi connectivity index (χ3n) is 3.67. The fourth-order valence-corrected chi connectivity index (χ4v) is 2.82. The summed E-state index contributed by atoms with van der Waals surface area (Å²) in [6.07, 6.45) is 4.16. The zero-order valence-electron chi connectivity index (χ0n) is 13.2. The molecule has 3 rings (SSSR count). The van der Waals surface area contributed by atoms with Crippen molar-refractivity contribution in [1.29, 1.82) is 0 Å². The molecule has 1 atom stereocenters. The van der Waals surface area contributed by atoms with Gasteiger partial charge >= 0.3 is 5.91 Å². The predicted octanol–water partition coefficient (Wildman–Crippen LogP) is 4.06. The number of aromatic nitrogens is 2. The molecule has 0 aliphatic heterocycles. The molecule has 0 saturated carbocycles. The number of halogens is 2. The summed E-state index contributed by atoms with van der Waals surface area (Å²) in [7, 11) is 0. The SMILES string of the molecule is Cc1ccccc1OC(O)(C(=O)c1ccc(Cl)cc1Cl)n1ccnc1. The first-order valence-corrected chi connectivity index (χ1v) is 8.12. The first-order chi connectivity index (χ1) is 11.9. The smallest absolute Gasteiger partial charge is 0.365 e. The second-order valence-corrected chi connectivity index (χ2v) is 6.24. The molecule has 0 aliphatic carbocycles. The van der Waals surface area contributed by atoms with E-state index in [1.54, 1.807) is 12.1 Å². The number of aliphatic hydroxyl groups is 1. The Labute approximate surface area is 154 Å². The number of hydrogen-bond donors (Lipinski definition) is 1. The van der Waals surface area contributed by atoms with Gasteiger partial charge in [0, 0.05) is 23.0 Å². The molecule has 1 heterocycles. The van der Waals surface area contributed by atoms with Gasteiger partial charge in [0.1, 0.15) is 12.1 Å². The normalized spacial score (nSPS) is 13.3. The molecule has 0 bridgehead atoms. The maximum Gasteiger partial charge on any atom is 0.365 e. The highest BCUT2D eigenvalue weighted by atomic mass is 35.5. The molecule has 3 aromatic rings. The second kappa shape index (κ2) is 6.88. The van der Waals surface area contributed by atoms with Crippen molar-refractivity contribution in [1.82, 2.24) is 9.55 Å². The molecule has 7 heteroatoms. The van der Waals surface area contributed by atoms with Crippen molar-refractivity contribution in [3.8, 4) is 5.75 Å². The number of nitrogens with zero attached hydrogens (tertiary/aromatic N) is 2. The number of ether oxygens (including phenoxy) is 1. The summed E-state index contributed by atoms with van der Waals surface area (Å²) in [6.45, 7) is 1.81. The lowest BCUT2D eigenvalue weighted by Gasteiger charge is -2.29. The van der Waals surface area contributed by atoms with Crippen LogP contribution in [0.3, 0.4) is 0 Å². The maximum atomic E-state index is 13.1. The van der Waals surface area contributed by atoms with Crippen LogP contribution in [0.4, 0.5) is 0 Å². The van der Waals surface area contributed by atoms with E-state index < -0.39 is 11.7 Å². The Morgan fingerprint density at radius 2 is 2.00 bits per heavy atom. The lowest BCUT2D eigenvalue weighted by molar-refractivity contribution is -0.162. The Balaban J connectivity index is 2.09. The van der Waals surface area contributed by atoms with Crippen molar-refractivity contribution in [3.63, 3.8) is 0 Å². The Kier molecular flexibility index (Phi) is 4.81. The summed E-state index contributed by atoms with van der Waals surface area (Å²) in [4.78, 5) is 16.9. The zero-order valence-corrected chi connectivity index (χ0v) is 14.7. The van der Waals surface area contributed by atoms with Crippen molar-refractivity contribution >= 4 is 29.0 Å². The van der Waals surface area contributed by atoms with Crippen LogP contribution in [-0.4, -0.2) is 20.4 Å². The van der Waals surface area contributed by atoms with Gasteiger partial charge in [-0.1, -0.05) is 41.4 Å². The third-order valence-corrected chi connectivity index (χ3v) is 4.22. The fraction of sp³-hybridized carbons (Fsp3) is 0.111. The molecule has 1 N–H and O–H groups in total. The topological polar surface area (TPSA) is 64.3 Å². The zero-order chi connectivity index (χ0) is 18.0. The highest BCUT2D eigenvalue weighted by molar-refractivity contribution is 6.37. The van der Waals surface area contributed by atoms with Gasteiger partial charge in [0.05, 0.1) is 5.02 Å². The molecule has 0 spiro atoms. The number of hydrogen-bond acceptors (Lipinski definition) is 4. The third kappa shape index (κ3) is 3.39. The van der Waals surface area contributed by atoms with Crippen LogP contribution in [0.15, 0.2) is 61.2 Å². The minimum atomic E-state index is -2.35. The second-order valence-electron chi connectivity index (χ2n) is 5.40. The number of benzene rings is 2. The van der Waals surface area contributed by atoms with Gasteiger partial charge < -0.3 is 9.84 Å². The Morgan fingerprint density at radius 3 is 2.64 bits per heavy atom. The van der Waals surface area contributed by atoms with Crippen LogP contribution in [0.2, 0.25) is 10.0 Å². The van der Waals surface area contributed by atoms with Crippen molar-refractivity contribution in [2.45, 2.75) is 12.8 Å². The molecule has 0 fully saturated rings. The van der Waals surface area contributed by atoms with Crippen LogP contribution in [0.5, 0.6) is 5.75 Å². The number of carbonyl (C=O) groups excluding carboxylic acids is 1. The number of para-hydroxylation sites is 1. The van der Waals surface area contributed by atoms with E-state index in [-0.39, 0.29) is 10.6 Å². The highest BCUT2D eigenvalue weighted by Gasteiger charge is 2.42. The monoisotopic (exact) mass is 376 g/mol. The quantitative estimate of drug-likeness (QED) is 0.538. The average Bonchev–Trinajstić information content (AvgIpc) is 3.11. The molecule has 0 amide bonds. The summed E-state index contributed by atoms with van der Waals surface area (Å²) in [5.74, 6) is -2.73. The Bertz CT molecular complexity index is 912. The van der Waals surface area contributed by atoms with Crippen LogP contribution in [0.25, 0.3) is 0 Å². The van der Waals surface area contributed by atoms with E-state index in [4.69, 9.17) is 27.9 Å². The summed E-state index contributed by atoms with van der Waals surface area (Å²) >= 11 is 12.0. The number of imidazole rings is 1. The van der Waals surface area contributed by atoms with Crippen LogP contribution < -0.4 is 4.74 Å². The first-order valence-electron chi connectivity index (χ1n) is 7.37. The molecule has 128 valence electrons. The molecular weight excluding hydrogens is 363 g/mol. The lowest BCUT2D eigenvalue weighted by atomic mass is 10.1. The average molecular weight is 377 g/mol. The van der Waals surface area contributed by atoms with Crippen molar-refractivity contribution in [2.24, 2.45) is 0 Å². The highest BCUT2D eigenvalue weighted by Crippen LogP contribution is 2.30. The predicted molar refractivity (Wildman–Crippen MR) is 95.0 cm³/mol. The largest absolute Gasteiger partial charge is 0.438 e. The van der Waals surface area contributed by atoms with Gasteiger partial charge in [0.2, 0.25) is 0 Å². The molecule has 2 aromatic carbocycles. The van der Waals surface area contributed by atoms with Gasteiger partial charge in [-0.25, -0.2) is 4.98 Å². The lowest BCUT2D eigenvalue weighted by Crippen LogP contribution is -2.47. The summed E-state index contributed by atoms with van der Waals surface area (Å²) in [5.41, 5.74) is 0.840. The van der Waals surface area contributed by atoms with E-state index in [1.807, 2.05) is 19.1 Å². The van der Waals surface area contributed by atoms with E-state index in [0.29, 0.717) is 10.8 Å².